The molecule has 0 radical (unpaired) electrons. The van der Waals surface area contributed by atoms with Crippen molar-refractivity contribution in [1.29, 1.82) is 0 Å². The maximum atomic E-state index is 13.9. The molecule has 0 aromatic heterocycles. The van der Waals surface area contributed by atoms with Crippen LogP contribution >= 0.6 is 0 Å². The van der Waals surface area contributed by atoms with Crippen LogP contribution in [0, 0.1) is 5.82 Å². The molecule has 0 bridgehead atoms. The van der Waals surface area contributed by atoms with Crippen molar-refractivity contribution >= 4 is 17.4 Å². The fourth-order valence-electron chi connectivity index (χ4n) is 3.21. The topological polar surface area (TPSA) is 40.6 Å². The van der Waals surface area contributed by atoms with Crippen LogP contribution in [0.3, 0.4) is 0 Å². The third-order valence-corrected chi connectivity index (χ3v) is 4.18. The molecule has 2 aliphatic rings. The lowest BCUT2D eigenvalue weighted by molar-refractivity contribution is -0.129. The second kappa shape index (κ2) is 4.89. The summed E-state index contributed by atoms with van der Waals surface area (Å²) in [6, 6.07) is 4.92. The Kier molecular flexibility index (Phi) is 3.20. The molecule has 3 rings (SSSR count). The zero-order valence-electron chi connectivity index (χ0n) is 11.4. The van der Waals surface area contributed by atoms with Crippen LogP contribution in [-0.2, 0) is 4.79 Å². The Hall–Kier alpha value is -1.91. The highest BCUT2D eigenvalue weighted by atomic mass is 19.1. The quantitative estimate of drug-likeness (QED) is 0.774. The number of rotatable bonds is 2. The van der Waals surface area contributed by atoms with Gasteiger partial charge in [0.05, 0.1) is 11.3 Å². The lowest BCUT2D eigenvalue weighted by Crippen LogP contribution is -2.51. The van der Waals surface area contributed by atoms with Gasteiger partial charge in [0.1, 0.15) is 5.82 Å². The van der Waals surface area contributed by atoms with Gasteiger partial charge < -0.3 is 9.80 Å². The van der Waals surface area contributed by atoms with Gasteiger partial charge in [-0.3, -0.25) is 9.59 Å². The fraction of sp³-hybridized carbons (Fsp3) is 0.467. The van der Waals surface area contributed by atoms with Gasteiger partial charge in [-0.2, -0.15) is 0 Å². The van der Waals surface area contributed by atoms with E-state index in [0.29, 0.717) is 31.7 Å². The smallest absolute Gasteiger partial charge is 0.223 e. The predicted octanol–water partition coefficient (Wildman–Crippen LogP) is 1.84. The highest BCUT2D eigenvalue weighted by molar-refractivity contribution is 6.00. The van der Waals surface area contributed by atoms with Crippen molar-refractivity contribution in [3.05, 3.63) is 29.6 Å². The fourth-order valence-corrected chi connectivity index (χ4v) is 3.21. The summed E-state index contributed by atoms with van der Waals surface area (Å²) in [5.74, 6) is -0.524. The largest absolute Gasteiger partial charge is 0.367 e. The molecular weight excluding hydrogens is 259 g/mol. The lowest BCUT2D eigenvalue weighted by atomic mass is 10.1. The average Bonchev–Trinajstić information content (AvgIpc) is 2.79. The van der Waals surface area contributed by atoms with E-state index < -0.39 is 5.82 Å². The van der Waals surface area contributed by atoms with E-state index >= 15 is 0 Å². The number of benzene rings is 1. The number of fused-ring (bicyclic) bond motifs is 1. The summed E-state index contributed by atoms with van der Waals surface area (Å²) < 4.78 is 13.9. The number of hydrogen-bond donors (Lipinski definition) is 0. The Labute approximate surface area is 117 Å². The van der Waals surface area contributed by atoms with Crippen LogP contribution in [-0.4, -0.2) is 42.3 Å². The maximum absolute atomic E-state index is 13.9. The first kappa shape index (κ1) is 13.1. The predicted molar refractivity (Wildman–Crippen MR) is 73.4 cm³/mol. The number of nitrogens with zero attached hydrogens (tertiary/aromatic N) is 2. The first-order chi connectivity index (χ1) is 9.58. The molecule has 106 valence electrons. The molecular formula is C15H17FN2O2. The number of carbonyl (C=O) groups is 2. The van der Waals surface area contributed by atoms with Crippen LogP contribution in [0.1, 0.15) is 30.1 Å². The Morgan fingerprint density at radius 3 is 2.90 bits per heavy atom. The van der Waals surface area contributed by atoms with E-state index in [0.717, 1.165) is 6.42 Å². The standard InChI is InChI=1S/C15H17FN2O2/c1-10(19)15-12(16)3-2-4-13(15)17-7-8-18-11(9-17)5-6-14(18)20/h2-4,11H,5-9H2,1H3. The monoisotopic (exact) mass is 276 g/mol. The molecule has 5 heteroatoms. The minimum atomic E-state index is -0.472. The number of anilines is 1. The van der Waals surface area contributed by atoms with Gasteiger partial charge in [-0.1, -0.05) is 6.07 Å². The highest BCUT2D eigenvalue weighted by Gasteiger charge is 2.36. The van der Waals surface area contributed by atoms with Crippen molar-refractivity contribution in [2.24, 2.45) is 0 Å². The van der Waals surface area contributed by atoms with Crippen molar-refractivity contribution in [2.45, 2.75) is 25.8 Å². The van der Waals surface area contributed by atoms with Crippen molar-refractivity contribution in [2.75, 3.05) is 24.5 Å². The van der Waals surface area contributed by atoms with E-state index in [1.165, 1.54) is 13.0 Å². The second-order valence-corrected chi connectivity index (χ2v) is 5.42. The van der Waals surface area contributed by atoms with Crippen LogP contribution < -0.4 is 4.90 Å². The molecule has 1 atom stereocenters. The number of carbonyl (C=O) groups excluding carboxylic acids is 2. The normalized spacial score (nSPS) is 22.1. The van der Waals surface area contributed by atoms with E-state index in [4.69, 9.17) is 0 Å². The SMILES string of the molecule is CC(=O)c1c(F)cccc1N1CCN2C(=O)CCC2C1. The highest BCUT2D eigenvalue weighted by Crippen LogP contribution is 2.29. The molecule has 0 N–H and O–H groups in total. The lowest BCUT2D eigenvalue weighted by Gasteiger charge is -2.39. The van der Waals surface area contributed by atoms with Gasteiger partial charge >= 0.3 is 0 Å². The molecule has 2 saturated heterocycles. The molecule has 0 spiro atoms. The molecule has 0 saturated carbocycles. The van der Waals surface area contributed by atoms with Gasteiger partial charge in [0.15, 0.2) is 5.78 Å². The van der Waals surface area contributed by atoms with E-state index in [-0.39, 0.29) is 23.3 Å². The molecule has 2 heterocycles. The van der Waals surface area contributed by atoms with Crippen LogP contribution in [0.25, 0.3) is 0 Å². The number of amides is 1. The Morgan fingerprint density at radius 1 is 1.35 bits per heavy atom. The van der Waals surface area contributed by atoms with Gasteiger partial charge in [-0.05, 0) is 25.5 Å². The van der Waals surface area contributed by atoms with E-state index in [9.17, 15) is 14.0 Å². The number of halogens is 1. The summed E-state index contributed by atoms with van der Waals surface area (Å²) in [6.07, 6.45) is 1.45. The number of ketones is 1. The van der Waals surface area contributed by atoms with Crippen LogP contribution in [0.4, 0.5) is 10.1 Å². The summed E-state index contributed by atoms with van der Waals surface area (Å²) >= 11 is 0. The average molecular weight is 276 g/mol. The molecule has 1 aromatic rings. The van der Waals surface area contributed by atoms with E-state index in [1.54, 1.807) is 12.1 Å². The molecule has 20 heavy (non-hydrogen) atoms. The van der Waals surface area contributed by atoms with Crippen molar-refractivity contribution in [3.8, 4) is 0 Å². The Balaban J connectivity index is 1.89. The van der Waals surface area contributed by atoms with Crippen molar-refractivity contribution < 1.29 is 14.0 Å². The zero-order chi connectivity index (χ0) is 14.3. The molecule has 4 nitrogen and oxygen atoms in total. The van der Waals surface area contributed by atoms with Crippen molar-refractivity contribution in [3.63, 3.8) is 0 Å². The third-order valence-electron chi connectivity index (χ3n) is 4.18. The first-order valence-electron chi connectivity index (χ1n) is 6.92. The molecule has 1 aromatic carbocycles. The van der Waals surface area contributed by atoms with Crippen LogP contribution in [0.15, 0.2) is 18.2 Å². The summed E-state index contributed by atoms with van der Waals surface area (Å²) in [4.78, 5) is 27.3. The van der Waals surface area contributed by atoms with Gasteiger partial charge in [-0.15, -0.1) is 0 Å². The molecule has 2 fully saturated rings. The van der Waals surface area contributed by atoms with Gasteiger partial charge in [-0.25, -0.2) is 4.39 Å². The Bertz CT molecular complexity index is 573. The van der Waals surface area contributed by atoms with Gasteiger partial charge in [0, 0.05) is 32.1 Å². The molecule has 0 aliphatic carbocycles. The summed E-state index contributed by atoms with van der Waals surface area (Å²) in [5.41, 5.74) is 0.807. The molecule has 1 unspecified atom stereocenters. The van der Waals surface area contributed by atoms with Gasteiger partial charge in [0.2, 0.25) is 5.91 Å². The van der Waals surface area contributed by atoms with E-state index in [1.807, 2.05) is 9.80 Å². The third kappa shape index (κ3) is 2.07. The zero-order valence-corrected chi connectivity index (χ0v) is 11.4. The summed E-state index contributed by atoms with van der Waals surface area (Å²) in [6.45, 7) is 3.36. The maximum Gasteiger partial charge on any atom is 0.223 e. The number of piperazine rings is 1. The van der Waals surface area contributed by atoms with Gasteiger partial charge in [0.25, 0.3) is 0 Å². The van der Waals surface area contributed by atoms with Crippen molar-refractivity contribution in [1.82, 2.24) is 4.90 Å². The van der Waals surface area contributed by atoms with Crippen LogP contribution in [0.5, 0.6) is 0 Å². The minimum Gasteiger partial charge on any atom is -0.367 e. The second-order valence-electron chi connectivity index (χ2n) is 5.42. The number of Topliss-reactive ketones (excluding diaryl/α,β-unsaturated/α-hetero) is 1. The Morgan fingerprint density at radius 2 is 2.15 bits per heavy atom. The summed E-state index contributed by atoms with van der Waals surface area (Å²) in [7, 11) is 0. The van der Waals surface area contributed by atoms with E-state index in [2.05, 4.69) is 0 Å². The summed E-state index contributed by atoms with van der Waals surface area (Å²) in [5, 5.41) is 0. The molecule has 2 aliphatic heterocycles. The minimum absolute atomic E-state index is 0.158. The number of hydrogen-bond acceptors (Lipinski definition) is 3. The van der Waals surface area contributed by atoms with Crippen LogP contribution in [0.2, 0.25) is 0 Å². The first-order valence-corrected chi connectivity index (χ1v) is 6.92. The molecule has 1 amide bonds.